The highest BCUT2D eigenvalue weighted by atomic mass is 16.5. The summed E-state index contributed by atoms with van der Waals surface area (Å²) in [6.45, 7) is 0.767. The van der Waals surface area contributed by atoms with E-state index in [1.165, 1.54) is 17.7 Å². The minimum atomic E-state index is -0.333. The molecule has 1 N–H and O–H groups in total. The summed E-state index contributed by atoms with van der Waals surface area (Å²) in [7, 11) is 1.55. The lowest BCUT2D eigenvalue weighted by Gasteiger charge is -2.22. The summed E-state index contributed by atoms with van der Waals surface area (Å²) < 4.78 is 5.72. The number of amides is 2. The molecule has 0 spiro atoms. The van der Waals surface area contributed by atoms with Gasteiger partial charge in [-0.3, -0.25) is 19.8 Å². The minimum Gasteiger partial charge on any atom is -0.376 e. The fourth-order valence-corrected chi connectivity index (χ4v) is 2.82. The molecule has 3 aliphatic rings. The monoisotopic (exact) mass is 238 g/mol. The molecule has 94 valence electrons. The van der Waals surface area contributed by atoms with Gasteiger partial charge in [-0.15, -0.1) is 0 Å². The highest BCUT2D eigenvalue weighted by Crippen LogP contribution is 2.39. The van der Waals surface area contributed by atoms with Crippen LogP contribution >= 0.6 is 0 Å². The summed E-state index contributed by atoms with van der Waals surface area (Å²) in [4.78, 5) is 24.4. The Bertz CT molecular complexity index is 354. The van der Waals surface area contributed by atoms with E-state index in [-0.39, 0.29) is 30.0 Å². The van der Waals surface area contributed by atoms with Gasteiger partial charge in [0.2, 0.25) is 11.8 Å². The van der Waals surface area contributed by atoms with Crippen LogP contribution in [0.1, 0.15) is 25.7 Å². The Morgan fingerprint density at radius 1 is 1.29 bits per heavy atom. The molecule has 5 nitrogen and oxygen atoms in total. The first-order chi connectivity index (χ1) is 8.16. The van der Waals surface area contributed by atoms with E-state index >= 15 is 0 Å². The van der Waals surface area contributed by atoms with Crippen LogP contribution in [0, 0.1) is 5.92 Å². The molecule has 2 saturated heterocycles. The Hall–Kier alpha value is -0.940. The molecule has 1 aliphatic carbocycles. The van der Waals surface area contributed by atoms with Gasteiger partial charge in [-0.1, -0.05) is 0 Å². The number of likely N-dealkylation sites (tertiary alicyclic amines) is 1. The van der Waals surface area contributed by atoms with Gasteiger partial charge in [0.15, 0.2) is 0 Å². The average molecular weight is 238 g/mol. The second-order valence-corrected chi connectivity index (χ2v) is 5.28. The van der Waals surface area contributed by atoms with Crippen molar-refractivity contribution < 1.29 is 14.3 Å². The van der Waals surface area contributed by atoms with Gasteiger partial charge in [0.1, 0.15) is 0 Å². The normalized spacial score (nSPS) is 38.2. The Morgan fingerprint density at radius 3 is 2.65 bits per heavy atom. The zero-order valence-corrected chi connectivity index (χ0v) is 10.0. The Balaban J connectivity index is 1.63. The lowest BCUT2D eigenvalue weighted by atomic mass is 10.0. The first-order valence-corrected chi connectivity index (χ1v) is 6.35. The van der Waals surface area contributed by atoms with Crippen LogP contribution in [0.15, 0.2) is 0 Å². The van der Waals surface area contributed by atoms with E-state index in [9.17, 15) is 9.59 Å². The van der Waals surface area contributed by atoms with E-state index < -0.39 is 0 Å². The SMILES string of the molecule is CN1C(=O)CC(NC2CCOC2C2CC2)C1=O. The Morgan fingerprint density at radius 2 is 2.06 bits per heavy atom. The molecular formula is C12H18N2O3. The summed E-state index contributed by atoms with van der Waals surface area (Å²) in [5.74, 6) is 0.478. The van der Waals surface area contributed by atoms with Crippen molar-refractivity contribution in [2.24, 2.45) is 5.92 Å². The van der Waals surface area contributed by atoms with Crippen molar-refractivity contribution in [3.63, 3.8) is 0 Å². The fraction of sp³-hybridized carbons (Fsp3) is 0.833. The van der Waals surface area contributed by atoms with Crippen molar-refractivity contribution in [1.29, 1.82) is 0 Å². The van der Waals surface area contributed by atoms with E-state index in [1.807, 2.05) is 0 Å². The van der Waals surface area contributed by atoms with Gasteiger partial charge < -0.3 is 4.74 Å². The van der Waals surface area contributed by atoms with Crippen LogP contribution in [0.5, 0.6) is 0 Å². The molecule has 0 radical (unpaired) electrons. The number of nitrogens with zero attached hydrogens (tertiary/aromatic N) is 1. The van der Waals surface area contributed by atoms with E-state index in [0.29, 0.717) is 12.3 Å². The molecule has 5 heteroatoms. The molecule has 3 rings (SSSR count). The molecule has 2 aliphatic heterocycles. The predicted octanol–water partition coefficient (Wildman–Crippen LogP) is -0.0992. The molecule has 3 atom stereocenters. The lowest BCUT2D eigenvalue weighted by molar-refractivity contribution is -0.137. The zero-order chi connectivity index (χ0) is 12.0. The minimum absolute atomic E-state index is 0.0885. The number of nitrogens with one attached hydrogen (secondary N) is 1. The third-order valence-electron chi connectivity index (χ3n) is 4.02. The molecule has 3 unspecified atom stereocenters. The first-order valence-electron chi connectivity index (χ1n) is 6.35. The largest absolute Gasteiger partial charge is 0.376 e. The Kier molecular flexibility index (Phi) is 2.67. The van der Waals surface area contributed by atoms with Crippen molar-refractivity contribution in [2.75, 3.05) is 13.7 Å². The van der Waals surface area contributed by atoms with E-state index in [2.05, 4.69) is 5.32 Å². The molecule has 0 aromatic rings. The lowest BCUT2D eigenvalue weighted by Crippen LogP contribution is -2.47. The number of imide groups is 1. The summed E-state index contributed by atoms with van der Waals surface area (Å²) in [6, 6.07) is -0.0869. The van der Waals surface area contributed by atoms with Crippen LogP contribution in [-0.4, -0.2) is 48.6 Å². The summed E-state index contributed by atoms with van der Waals surface area (Å²) in [5, 5.41) is 3.32. The van der Waals surface area contributed by atoms with Crippen LogP contribution in [0.3, 0.4) is 0 Å². The first kappa shape index (κ1) is 11.2. The van der Waals surface area contributed by atoms with Crippen molar-refractivity contribution in [2.45, 2.75) is 43.9 Å². The van der Waals surface area contributed by atoms with Gasteiger partial charge in [0.25, 0.3) is 0 Å². The smallest absolute Gasteiger partial charge is 0.246 e. The van der Waals surface area contributed by atoms with Crippen molar-refractivity contribution in [3.05, 3.63) is 0 Å². The van der Waals surface area contributed by atoms with Crippen LogP contribution in [0.25, 0.3) is 0 Å². The molecular weight excluding hydrogens is 220 g/mol. The highest BCUT2D eigenvalue weighted by Gasteiger charge is 2.44. The second kappa shape index (κ2) is 4.07. The maximum Gasteiger partial charge on any atom is 0.246 e. The van der Waals surface area contributed by atoms with Gasteiger partial charge in [-0.05, 0) is 25.2 Å². The average Bonchev–Trinajstić information content (AvgIpc) is 3.01. The van der Waals surface area contributed by atoms with E-state index in [4.69, 9.17) is 4.74 Å². The van der Waals surface area contributed by atoms with Crippen LogP contribution in [0.4, 0.5) is 0 Å². The third kappa shape index (κ3) is 1.98. The molecule has 0 aromatic heterocycles. The summed E-state index contributed by atoms with van der Waals surface area (Å²) in [6.07, 6.45) is 3.97. The van der Waals surface area contributed by atoms with Gasteiger partial charge in [-0.25, -0.2) is 0 Å². The standard InChI is InChI=1S/C12H18N2O3/c1-14-10(15)6-9(12(14)16)13-8-4-5-17-11(8)7-2-3-7/h7-9,11,13H,2-6H2,1H3. The maximum atomic E-state index is 11.8. The van der Waals surface area contributed by atoms with Gasteiger partial charge >= 0.3 is 0 Å². The van der Waals surface area contributed by atoms with Crippen molar-refractivity contribution >= 4 is 11.8 Å². The summed E-state index contributed by atoms with van der Waals surface area (Å²) >= 11 is 0. The number of likely N-dealkylation sites (N-methyl/N-ethyl adjacent to an activating group) is 1. The van der Waals surface area contributed by atoms with Crippen LogP contribution in [0.2, 0.25) is 0 Å². The number of hydrogen-bond donors (Lipinski definition) is 1. The fourth-order valence-electron chi connectivity index (χ4n) is 2.82. The topological polar surface area (TPSA) is 58.6 Å². The Labute approximate surface area is 100 Å². The third-order valence-corrected chi connectivity index (χ3v) is 4.02. The number of rotatable bonds is 3. The molecule has 3 fully saturated rings. The van der Waals surface area contributed by atoms with Gasteiger partial charge in [0, 0.05) is 19.7 Å². The predicted molar refractivity (Wildman–Crippen MR) is 60.2 cm³/mol. The number of carbonyl (C=O) groups excluding carboxylic acids is 2. The molecule has 17 heavy (non-hydrogen) atoms. The molecule has 1 saturated carbocycles. The maximum absolute atomic E-state index is 11.8. The second-order valence-electron chi connectivity index (χ2n) is 5.28. The highest BCUT2D eigenvalue weighted by molar-refractivity contribution is 6.05. The molecule has 2 amide bonds. The molecule has 2 heterocycles. The zero-order valence-electron chi connectivity index (χ0n) is 10.0. The summed E-state index contributed by atoms with van der Waals surface area (Å²) in [5.41, 5.74) is 0. The number of ether oxygens (including phenoxy) is 1. The van der Waals surface area contributed by atoms with E-state index in [0.717, 1.165) is 13.0 Å². The van der Waals surface area contributed by atoms with Gasteiger partial charge in [-0.2, -0.15) is 0 Å². The van der Waals surface area contributed by atoms with E-state index in [1.54, 1.807) is 7.05 Å². The van der Waals surface area contributed by atoms with Crippen LogP contribution < -0.4 is 5.32 Å². The van der Waals surface area contributed by atoms with Crippen molar-refractivity contribution in [3.8, 4) is 0 Å². The van der Waals surface area contributed by atoms with Crippen molar-refractivity contribution in [1.82, 2.24) is 10.2 Å². The van der Waals surface area contributed by atoms with Crippen LogP contribution in [-0.2, 0) is 14.3 Å². The number of carbonyl (C=O) groups is 2. The molecule has 0 bridgehead atoms. The quantitative estimate of drug-likeness (QED) is 0.698. The van der Waals surface area contributed by atoms with Gasteiger partial charge in [0.05, 0.1) is 18.6 Å². The number of hydrogen-bond acceptors (Lipinski definition) is 4. The molecule has 0 aromatic carbocycles.